The number of pyridine rings is 1. The zero-order valence-electron chi connectivity index (χ0n) is 12.4. The molecule has 1 amide bonds. The first-order valence-corrected chi connectivity index (χ1v) is 7.19. The monoisotopic (exact) mass is 281 g/mol. The third-order valence-electron chi connectivity index (χ3n) is 3.87. The van der Waals surface area contributed by atoms with Crippen LogP contribution in [0, 0.1) is 0 Å². The molecule has 2 aromatic rings. The minimum atomic E-state index is 0.0958. The van der Waals surface area contributed by atoms with Crippen LogP contribution >= 0.6 is 0 Å². The van der Waals surface area contributed by atoms with Crippen molar-refractivity contribution in [2.45, 2.75) is 26.4 Å². The molecule has 1 aromatic heterocycles. The highest BCUT2D eigenvalue weighted by molar-refractivity contribution is 5.97. The Balaban J connectivity index is 1.96. The zero-order chi connectivity index (χ0) is 14.8. The maximum Gasteiger partial charge on any atom is 0.224 e. The van der Waals surface area contributed by atoms with Crippen molar-refractivity contribution in [3.63, 3.8) is 0 Å². The smallest absolute Gasteiger partial charge is 0.224 e. The van der Waals surface area contributed by atoms with Crippen LogP contribution in [0.1, 0.15) is 19.4 Å². The molecule has 0 saturated carbocycles. The molecule has 0 N–H and O–H groups in total. The van der Waals surface area contributed by atoms with Crippen LogP contribution in [-0.2, 0) is 11.3 Å². The third-order valence-corrected chi connectivity index (χ3v) is 3.87. The van der Waals surface area contributed by atoms with Gasteiger partial charge in [0, 0.05) is 32.4 Å². The Kier molecular flexibility index (Phi) is 3.60. The third kappa shape index (κ3) is 2.61. The highest BCUT2D eigenvalue weighted by Crippen LogP contribution is 2.36. The van der Waals surface area contributed by atoms with Crippen molar-refractivity contribution in [2.24, 2.45) is 0 Å². The minimum Gasteiger partial charge on any atom is -0.363 e. The average Bonchev–Trinajstić information content (AvgIpc) is 2.48. The van der Waals surface area contributed by atoms with Crippen LogP contribution in [0.4, 0.5) is 11.4 Å². The van der Waals surface area contributed by atoms with E-state index < -0.39 is 0 Å². The molecule has 21 heavy (non-hydrogen) atoms. The van der Waals surface area contributed by atoms with E-state index in [0.717, 1.165) is 24.5 Å². The number of hydrogen-bond acceptors (Lipinski definition) is 3. The van der Waals surface area contributed by atoms with Gasteiger partial charge in [-0.05, 0) is 36.8 Å². The lowest BCUT2D eigenvalue weighted by molar-refractivity contribution is -0.117. The summed E-state index contributed by atoms with van der Waals surface area (Å²) in [5, 5.41) is 0. The van der Waals surface area contributed by atoms with E-state index >= 15 is 0 Å². The fourth-order valence-corrected chi connectivity index (χ4v) is 3.01. The van der Waals surface area contributed by atoms with E-state index in [2.05, 4.69) is 22.9 Å². The first-order chi connectivity index (χ1) is 10.2. The van der Waals surface area contributed by atoms with E-state index in [-0.39, 0.29) is 11.9 Å². The van der Waals surface area contributed by atoms with Gasteiger partial charge in [-0.1, -0.05) is 12.1 Å². The van der Waals surface area contributed by atoms with Crippen LogP contribution in [0.3, 0.4) is 0 Å². The first kappa shape index (κ1) is 13.6. The lowest BCUT2D eigenvalue weighted by atomic mass is 10.1. The maximum absolute atomic E-state index is 11.9. The maximum atomic E-state index is 11.9. The molecule has 0 spiro atoms. The zero-order valence-corrected chi connectivity index (χ0v) is 12.4. The van der Waals surface area contributed by atoms with Crippen molar-refractivity contribution in [3.8, 4) is 0 Å². The normalized spacial score (nSPS) is 17.5. The summed E-state index contributed by atoms with van der Waals surface area (Å²) in [6.07, 6.45) is 3.63. The lowest BCUT2D eigenvalue weighted by Crippen LogP contribution is -2.49. The van der Waals surface area contributed by atoms with Gasteiger partial charge in [-0.2, -0.15) is 0 Å². The van der Waals surface area contributed by atoms with Gasteiger partial charge in [-0.3, -0.25) is 9.78 Å². The molecule has 1 aliphatic rings. The van der Waals surface area contributed by atoms with Gasteiger partial charge < -0.3 is 9.80 Å². The second-order valence-corrected chi connectivity index (χ2v) is 5.46. The Labute approximate surface area is 125 Å². The number of fused-ring (bicyclic) bond motifs is 1. The Bertz CT molecular complexity index is 641. The van der Waals surface area contributed by atoms with Crippen molar-refractivity contribution >= 4 is 17.3 Å². The van der Waals surface area contributed by atoms with Crippen LogP contribution in [0.2, 0.25) is 0 Å². The molecule has 0 radical (unpaired) electrons. The molecule has 0 fully saturated rings. The molecule has 108 valence electrons. The summed E-state index contributed by atoms with van der Waals surface area (Å²) in [6.45, 7) is 5.39. The largest absolute Gasteiger partial charge is 0.363 e. The summed E-state index contributed by atoms with van der Waals surface area (Å²) in [5.74, 6) is 0.0958. The van der Waals surface area contributed by atoms with Crippen LogP contribution in [0.25, 0.3) is 0 Å². The minimum absolute atomic E-state index is 0.0958. The summed E-state index contributed by atoms with van der Waals surface area (Å²) in [5.41, 5.74) is 3.34. The van der Waals surface area contributed by atoms with Crippen molar-refractivity contribution < 1.29 is 4.79 Å². The summed E-state index contributed by atoms with van der Waals surface area (Å²) < 4.78 is 0. The predicted molar refractivity (Wildman–Crippen MR) is 84.4 cm³/mol. The number of amides is 1. The molecule has 4 heteroatoms. The Hall–Kier alpha value is -2.36. The topological polar surface area (TPSA) is 36.4 Å². The molecule has 2 heterocycles. The number of anilines is 2. The van der Waals surface area contributed by atoms with E-state index in [4.69, 9.17) is 0 Å². The number of carbonyl (C=O) groups excluding carboxylic acids is 1. The molecular weight excluding hydrogens is 262 g/mol. The quantitative estimate of drug-likeness (QED) is 0.849. The average molecular weight is 281 g/mol. The number of rotatable bonds is 2. The second-order valence-electron chi connectivity index (χ2n) is 5.46. The molecule has 4 nitrogen and oxygen atoms in total. The molecule has 0 bridgehead atoms. The second kappa shape index (κ2) is 5.56. The molecular formula is C17H19N3O. The van der Waals surface area contributed by atoms with Crippen LogP contribution in [-0.4, -0.2) is 23.5 Å². The van der Waals surface area contributed by atoms with Crippen molar-refractivity contribution in [1.82, 2.24) is 4.98 Å². The fourth-order valence-electron chi connectivity index (χ4n) is 3.01. The van der Waals surface area contributed by atoms with Crippen molar-refractivity contribution in [2.75, 3.05) is 16.3 Å². The standard InChI is InChI=1S/C17H19N3O/c1-13-11-19(12-15-7-9-18-10-8-15)16-5-3-4-6-17(16)20(13)14(2)21/h3-10,13H,11-12H2,1-2H3/t13-/m0/s1. The summed E-state index contributed by atoms with van der Waals surface area (Å²) in [4.78, 5) is 20.2. The molecule has 0 aliphatic carbocycles. The van der Waals surface area contributed by atoms with Crippen LogP contribution < -0.4 is 9.80 Å². The predicted octanol–water partition coefficient (Wildman–Crippen LogP) is 2.84. The number of benzene rings is 1. The molecule has 1 aliphatic heterocycles. The molecule has 0 saturated heterocycles. The van der Waals surface area contributed by atoms with Crippen molar-refractivity contribution in [3.05, 3.63) is 54.4 Å². The van der Waals surface area contributed by atoms with Gasteiger partial charge in [0.1, 0.15) is 0 Å². The number of para-hydroxylation sites is 2. The number of carbonyl (C=O) groups is 1. The van der Waals surface area contributed by atoms with Crippen LogP contribution in [0.15, 0.2) is 48.8 Å². The SMILES string of the molecule is CC(=O)N1c2ccccc2N(Cc2ccncc2)C[C@@H]1C. The Morgan fingerprint density at radius 3 is 2.52 bits per heavy atom. The number of nitrogens with zero attached hydrogens (tertiary/aromatic N) is 3. The molecule has 3 rings (SSSR count). The molecule has 1 atom stereocenters. The number of hydrogen-bond donors (Lipinski definition) is 0. The van der Waals surface area contributed by atoms with Gasteiger partial charge in [0.15, 0.2) is 0 Å². The van der Waals surface area contributed by atoms with Gasteiger partial charge in [-0.15, -0.1) is 0 Å². The summed E-state index contributed by atoms with van der Waals surface area (Å²) in [6, 6.07) is 12.3. The molecule has 0 unspecified atom stereocenters. The highest BCUT2D eigenvalue weighted by atomic mass is 16.2. The summed E-state index contributed by atoms with van der Waals surface area (Å²) >= 11 is 0. The lowest BCUT2D eigenvalue weighted by Gasteiger charge is -2.41. The number of aromatic nitrogens is 1. The highest BCUT2D eigenvalue weighted by Gasteiger charge is 2.30. The first-order valence-electron chi connectivity index (χ1n) is 7.19. The Morgan fingerprint density at radius 2 is 1.86 bits per heavy atom. The van der Waals surface area contributed by atoms with E-state index in [1.165, 1.54) is 5.56 Å². The van der Waals surface area contributed by atoms with Gasteiger partial charge >= 0.3 is 0 Å². The van der Waals surface area contributed by atoms with Gasteiger partial charge in [-0.25, -0.2) is 0 Å². The van der Waals surface area contributed by atoms with Gasteiger partial charge in [0.05, 0.1) is 17.4 Å². The fraction of sp³-hybridized carbons (Fsp3) is 0.294. The van der Waals surface area contributed by atoms with Crippen LogP contribution in [0.5, 0.6) is 0 Å². The summed E-state index contributed by atoms with van der Waals surface area (Å²) in [7, 11) is 0. The van der Waals surface area contributed by atoms with E-state index in [1.807, 2.05) is 47.6 Å². The van der Waals surface area contributed by atoms with E-state index in [9.17, 15) is 4.79 Å². The van der Waals surface area contributed by atoms with E-state index in [0.29, 0.717) is 0 Å². The van der Waals surface area contributed by atoms with Gasteiger partial charge in [0.25, 0.3) is 0 Å². The van der Waals surface area contributed by atoms with Gasteiger partial charge in [0.2, 0.25) is 5.91 Å². The Morgan fingerprint density at radius 1 is 1.19 bits per heavy atom. The van der Waals surface area contributed by atoms with Crippen molar-refractivity contribution in [1.29, 1.82) is 0 Å². The van der Waals surface area contributed by atoms with E-state index in [1.54, 1.807) is 6.92 Å². The molecule has 1 aromatic carbocycles.